The summed E-state index contributed by atoms with van der Waals surface area (Å²) in [5.74, 6) is 0.560. The zero-order valence-corrected chi connectivity index (χ0v) is 12.4. The van der Waals surface area contributed by atoms with Gasteiger partial charge in [0.05, 0.1) is 0 Å². The first-order chi connectivity index (χ1) is 10.1. The molecule has 114 valence electrons. The van der Waals surface area contributed by atoms with Crippen molar-refractivity contribution >= 4 is 10.8 Å². The largest absolute Gasteiger partial charge is 0.487 e. The Bertz CT molecular complexity index is 586. The van der Waals surface area contributed by atoms with Gasteiger partial charge in [0.2, 0.25) is 0 Å². The van der Waals surface area contributed by atoms with Gasteiger partial charge >= 0.3 is 0 Å². The van der Waals surface area contributed by atoms with Gasteiger partial charge < -0.3 is 10.1 Å². The van der Waals surface area contributed by atoms with E-state index in [1.807, 2.05) is 43.3 Å². The van der Waals surface area contributed by atoms with Crippen molar-refractivity contribution in [3.63, 3.8) is 0 Å². The smallest absolute Gasteiger partial charge is 0.272 e. The van der Waals surface area contributed by atoms with Crippen molar-refractivity contribution in [2.24, 2.45) is 0 Å². The molecule has 2 nitrogen and oxygen atoms in total. The highest BCUT2D eigenvalue weighted by molar-refractivity contribution is 5.89. The van der Waals surface area contributed by atoms with Crippen molar-refractivity contribution < 1.29 is 13.5 Å². The molecule has 2 aromatic carbocycles. The van der Waals surface area contributed by atoms with E-state index in [1.165, 1.54) is 0 Å². The van der Waals surface area contributed by atoms with Gasteiger partial charge in [0.25, 0.3) is 6.43 Å². The number of halogens is 2. The van der Waals surface area contributed by atoms with E-state index in [-0.39, 0.29) is 6.04 Å². The Hall–Kier alpha value is -1.68. The minimum atomic E-state index is -2.48. The lowest BCUT2D eigenvalue weighted by atomic mass is 10.0. The molecule has 0 bridgehead atoms. The molecule has 2 rings (SSSR count). The second-order valence-corrected chi connectivity index (χ2v) is 5.08. The van der Waals surface area contributed by atoms with Crippen LogP contribution in [0.4, 0.5) is 8.78 Å². The van der Waals surface area contributed by atoms with Gasteiger partial charge in [-0.2, -0.15) is 0 Å². The van der Waals surface area contributed by atoms with Crippen LogP contribution in [0.25, 0.3) is 10.8 Å². The molecule has 0 saturated carbocycles. The average Bonchev–Trinajstić information content (AvgIpc) is 2.49. The number of fused-ring (bicyclic) bond motifs is 1. The van der Waals surface area contributed by atoms with Crippen LogP contribution >= 0.6 is 0 Å². The maximum Gasteiger partial charge on any atom is 0.272 e. The van der Waals surface area contributed by atoms with Gasteiger partial charge in [-0.25, -0.2) is 8.78 Å². The molecule has 0 aliphatic carbocycles. The Morgan fingerprint density at radius 2 is 1.90 bits per heavy atom. The minimum Gasteiger partial charge on any atom is -0.487 e. The average molecular weight is 293 g/mol. The molecule has 0 aliphatic heterocycles. The SMILES string of the molecule is CCCNC(C)c1ccc2ccccc2c1OCC(F)F. The van der Waals surface area contributed by atoms with Crippen molar-refractivity contribution in [2.45, 2.75) is 32.7 Å². The fourth-order valence-electron chi connectivity index (χ4n) is 2.38. The Morgan fingerprint density at radius 1 is 1.14 bits per heavy atom. The predicted octanol–water partition coefficient (Wildman–Crippen LogP) is 4.54. The van der Waals surface area contributed by atoms with Gasteiger partial charge in [-0.3, -0.25) is 0 Å². The van der Waals surface area contributed by atoms with Gasteiger partial charge in [-0.05, 0) is 25.3 Å². The summed E-state index contributed by atoms with van der Waals surface area (Å²) in [6.07, 6.45) is -1.46. The summed E-state index contributed by atoms with van der Waals surface area (Å²) in [6.45, 7) is 4.41. The Kier molecular flexibility index (Phi) is 5.51. The molecule has 0 aromatic heterocycles. The fraction of sp³-hybridized carbons (Fsp3) is 0.412. The second kappa shape index (κ2) is 7.36. The van der Waals surface area contributed by atoms with Crippen LogP contribution in [-0.4, -0.2) is 19.6 Å². The molecule has 0 spiro atoms. The van der Waals surface area contributed by atoms with E-state index in [1.54, 1.807) is 0 Å². The first kappa shape index (κ1) is 15.7. The minimum absolute atomic E-state index is 0.0576. The highest BCUT2D eigenvalue weighted by Gasteiger charge is 2.16. The number of nitrogens with one attached hydrogen (secondary N) is 1. The van der Waals surface area contributed by atoms with E-state index in [2.05, 4.69) is 12.2 Å². The van der Waals surface area contributed by atoms with Crippen LogP contribution in [0.5, 0.6) is 5.75 Å². The summed E-state index contributed by atoms with van der Waals surface area (Å²) < 4.78 is 30.5. The quantitative estimate of drug-likeness (QED) is 0.809. The summed E-state index contributed by atoms with van der Waals surface area (Å²) in [5.41, 5.74) is 0.919. The molecule has 1 atom stereocenters. The zero-order valence-electron chi connectivity index (χ0n) is 12.4. The normalized spacial score (nSPS) is 12.8. The van der Waals surface area contributed by atoms with Crippen molar-refractivity contribution in [1.82, 2.24) is 5.32 Å². The van der Waals surface area contributed by atoms with E-state index in [9.17, 15) is 8.78 Å². The summed E-state index contributed by atoms with van der Waals surface area (Å²) in [7, 11) is 0. The molecule has 0 heterocycles. The Labute approximate surface area is 124 Å². The van der Waals surface area contributed by atoms with E-state index in [0.29, 0.717) is 5.75 Å². The number of hydrogen-bond acceptors (Lipinski definition) is 2. The highest BCUT2D eigenvalue weighted by atomic mass is 19.3. The van der Waals surface area contributed by atoms with Gasteiger partial charge in [-0.15, -0.1) is 0 Å². The molecule has 0 amide bonds. The number of ether oxygens (including phenoxy) is 1. The lowest BCUT2D eigenvalue weighted by Gasteiger charge is -2.20. The molecule has 4 heteroatoms. The lowest BCUT2D eigenvalue weighted by molar-refractivity contribution is 0.0819. The number of alkyl halides is 2. The first-order valence-corrected chi connectivity index (χ1v) is 7.29. The molecule has 0 fully saturated rings. The third kappa shape index (κ3) is 3.91. The summed E-state index contributed by atoms with van der Waals surface area (Å²) >= 11 is 0. The summed E-state index contributed by atoms with van der Waals surface area (Å²) in [6, 6.07) is 11.7. The molecule has 1 unspecified atom stereocenters. The van der Waals surface area contributed by atoms with Crippen molar-refractivity contribution in [2.75, 3.05) is 13.2 Å². The predicted molar refractivity (Wildman–Crippen MR) is 82.2 cm³/mol. The van der Waals surface area contributed by atoms with Crippen LogP contribution in [0.3, 0.4) is 0 Å². The topological polar surface area (TPSA) is 21.3 Å². The van der Waals surface area contributed by atoms with Crippen LogP contribution in [0.1, 0.15) is 31.9 Å². The van der Waals surface area contributed by atoms with Crippen LogP contribution in [0.15, 0.2) is 36.4 Å². The lowest BCUT2D eigenvalue weighted by Crippen LogP contribution is -2.20. The molecule has 0 aliphatic rings. The summed E-state index contributed by atoms with van der Waals surface area (Å²) in [4.78, 5) is 0. The Morgan fingerprint density at radius 3 is 2.62 bits per heavy atom. The van der Waals surface area contributed by atoms with Gasteiger partial charge in [0, 0.05) is 17.0 Å². The number of rotatable bonds is 7. The van der Waals surface area contributed by atoms with E-state index < -0.39 is 13.0 Å². The van der Waals surface area contributed by atoms with Crippen molar-refractivity contribution in [3.8, 4) is 5.75 Å². The van der Waals surface area contributed by atoms with E-state index in [4.69, 9.17) is 4.74 Å². The molecule has 1 N–H and O–H groups in total. The van der Waals surface area contributed by atoms with Crippen molar-refractivity contribution in [1.29, 1.82) is 0 Å². The molecule has 21 heavy (non-hydrogen) atoms. The third-order valence-electron chi connectivity index (χ3n) is 3.43. The second-order valence-electron chi connectivity index (χ2n) is 5.08. The zero-order chi connectivity index (χ0) is 15.2. The molecular weight excluding hydrogens is 272 g/mol. The monoisotopic (exact) mass is 293 g/mol. The maximum atomic E-state index is 12.5. The molecular formula is C17H21F2NO. The highest BCUT2D eigenvalue weighted by Crippen LogP contribution is 2.34. The maximum absolute atomic E-state index is 12.5. The number of benzene rings is 2. The first-order valence-electron chi connectivity index (χ1n) is 7.29. The molecule has 0 saturated heterocycles. The Balaban J connectivity index is 2.40. The third-order valence-corrected chi connectivity index (χ3v) is 3.43. The van der Waals surface area contributed by atoms with Gasteiger partial charge in [0.1, 0.15) is 12.4 Å². The van der Waals surface area contributed by atoms with Crippen LogP contribution in [-0.2, 0) is 0 Å². The fourth-order valence-corrected chi connectivity index (χ4v) is 2.38. The molecule has 0 radical (unpaired) electrons. The van der Waals surface area contributed by atoms with Crippen LogP contribution in [0.2, 0.25) is 0 Å². The van der Waals surface area contributed by atoms with Crippen molar-refractivity contribution in [3.05, 3.63) is 42.0 Å². The van der Waals surface area contributed by atoms with Crippen LogP contribution < -0.4 is 10.1 Å². The number of hydrogen-bond donors (Lipinski definition) is 1. The van der Waals surface area contributed by atoms with Gasteiger partial charge in [0.15, 0.2) is 0 Å². The summed E-state index contributed by atoms with van der Waals surface area (Å²) in [5, 5.41) is 5.24. The van der Waals surface area contributed by atoms with E-state index >= 15 is 0 Å². The van der Waals surface area contributed by atoms with E-state index in [0.717, 1.165) is 29.3 Å². The van der Waals surface area contributed by atoms with Crippen LogP contribution in [0, 0.1) is 0 Å². The van der Waals surface area contributed by atoms with Gasteiger partial charge in [-0.1, -0.05) is 43.3 Å². The molecule has 2 aromatic rings. The standard InChI is InChI=1S/C17H21F2NO/c1-3-10-20-12(2)14-9-8-13-6-4-5-7-15(13)17(14)21-11-16(18)19/h4-9,12,16,20H,3,10-11H2,1-2H3.